The van der Waals surface area contributed by atoms with Crippen LogP contribution in [-0.2, 0) is 9.47 Å². The van der Waals surface area contributed by atoms with Crippen LogP contribution in [0.5, 0.6) is 11.5 Å². The minimum Gasteiger partial charge on any atom is -0.490 e. The van der Waals surface area contributed by atoms with E-state index in [1.807, 2.05) is 18.2 Å². The molecule has 0 aliphatic carbocycles. The van der Waals surface area contributed by atoms with Gasteiger partial charge in [0.05, 0.1) is 32.5 Å². The molecule has 3 aliphatic rings. The second-order valence-corrected chi connectivity index (χ2v) is 7.04. The van der Waals surface area contributed by atoms with E-state index in [4.69, 9.17) is 18.9 Å². The van der Waals surface area contributed by atoms with Crippen LogP contribution in [0.4, 0.5) is 0 Å². The average Bonchev–Trinajstić information content (AvgIpc) is 3.07. The Balaban J connectivity index is 1.37. The van der Waals surface area contributed by atoms with Crippen LogP contribution < -0.4 is 9.47 Å². The summed E-state index contributed by atoms with van der Waals surface area (Å²) in [5, 5.41) is 10.7. The molecule has 1 N–H and O–H groups in total. The maximum absolute atomic E-state index is 10.7. The van der Waals surface area contributed by atoms with Gasteiger partial charge in [0.2, 0.25) is 0 Å². The summed E-state index contributed by atoms with van der Waals surface area (Å²) in [5.41, 5.74) is 0.875. The molecule has 0 saturated carbocycles. The van der Waals surface area contributed by atoms with Gasteiger partial charge in [0.15, 0.2) is 17.8 Å². The first-order valence-corrected chi connectivity index (χ1v) is 9.33. The number of likely N-dealkylation sites (tertiary alicyclic amines) is 1. The van der Waals surface area contributed by atoms with Crippen LogP contribution >= 0.6 is 0 Å². The minimum absolute atomic E-state index is 0.0713. The zero-order chi connectivity index (χ0) is 17.1. The molecule has 1 aromatic rings. The summed E-state index contributed by atoms with van der Waals surface area (Å²) in [6, 6.07) is 5.75. The summed E-state index contributed by atoms with van der Waals surface area (Å²) < 4.78 is 22.7. The maximum Gasteiger partial charge on any atom is 0.161 e. The van der Waals surface area contributed by atoms with E-state index in [-0.39, 0.29) is 6.29 Å². The van der Waals surface area contributed by atoms with Crippen LogP contribution in [-0.4, -0.2) is 62.4 Å². The monoisotopic (exact) mass is 349 g/mol. The molecule has 2 unspecified atom stereocenters. The fourth-order valence-electron chi connectivity index (χ4n) is 3.87. The fraction of sp³-hybridized carbons (Fsp3) is 0.684. The molecule has 6 nitrogen and oxygen atoms in total. The number of fused-ring (bicyclic) bond motifs is 1. The second-order valence-electron chi connectivity index (χ2n) is 7.04. The maximum atomic E-state index is 10.7. The van der Waals surface area contributed by atoms with Gasteiger partial charge in [0, 0.05) is 25.4 Å². The number of piperidine rings is 1. The Morgan fingerprint density at radius 2 is 1.84 bits per heavy atom. The molecule has 0 spiro atoms. The number of β-amino-alcohol motifs (C(OH)–C–C–N with tert-alkyl or cyclic N) is 1. The summed E-state index contributed by atoms with van der Waals surface area (Å²) in [4.78, 5) is 2.31. The van der Waals surface area contributed by atoms with Gasteiger partial charge in [-0.2, -0.15) is 0 Å². The van der Waals surface area contributed by atoms with E-state index < -0.39 is 6.10 Å². The molecule has 2 fully saturated rings. The number of rotatable bonds is 4. The van der Waals surface area contributed by atoms with E-state index in [1.54, 1.807) is 0 Å². The lowest BCUT2D eigenvalue weighted by atomic mass is 9.96. The van der Waals surface area contributed by atoms with Crippen molar-refractivity contribution >= 4 is 0 Å². The van der Waals surface area contributed by atoms with Gasteiger partial charge in [-0.1, -0.05) is 6.07 Å². The van der Waals surface area contributed by atoms with Crippen molar-refractivity contribution in [1.29, 1.82) is 0 Å². The first-order valence-electron chi connectivity index (χ1n) is 9.33. The average molecular weight is 349 g/mol. The quantitative estimate of drug-likeness (QED) is 0.897. The Labute approximate surface area is 148 Å². The third-order valence-electron chi connectivity index (χ3n) is 5.16. The predicted octanol–water partition coefficient (Wildman–Crippen LogP) is 1.97. The van der Waals surface area contributed by atoms with Crippen LogP contribution in [0, 0.1) is 5.92 Å². The highest BCUT2D eigenvalue weighted by atomic mass is 16.7. The molecule has 0 aromatic heterocycles. The number of hydrogen-bond donors (Lipinski definition) is 1. The van der Waals surface area contributed by atoms with Crippen molar-refractivity contribution < 1.29 is 24.1 Å². The Morgan fingerprint density at radius 3 is 2.68 bits per heavy atom. The number of ether oxygens (including phenoxy) is 4. The van der Waals surface area contributed by atoms with Crippen LogP contribution in [0.3, 0.4) is 0 Å². The summed E-state index contributed by atoms with van der Waals surface area (Å²) in [5.74, 6) is 1.90. The van der Waals surface area contributed by atoms with Crippen LogP contribution in [0.25, 0.3) is 0 Å². The molecule has 1 aromatic carbocycles. The SMILES string of the molecule is OC(CN1CCCC(C2OCCO2)C1)c1ccc2c(c1)OCCCO2. The lowest BCUT2D eigenvalue weighted by molar-refractivity contribution is -0.102. The van der Waals surface area contributed by atoms with Gasteiger partial charge in [0.1, 0.15) is 0 Å². The van der Waals surface area contributed by atoms with E-state index in [2.05, 4.69) is 4.90 Å². The molecular weight excluding hydrogens is 322 g/mol. The van der Waals surface area contributed by atoms with Crippen LogP contribution in [0.1, 0.15) is 30.9 Å². The van der Waals surface area contributed by atoms with E-state index in [0.29, 0.717) is 38.9 Å². The normalized spacial score (nSPS) is 26.4. The highest BCUT2D eigenvalue weighted by Crippen LogP contribution is 2.33. The first-order chi connectivity index (χ1) is 12.3. The smallest absolute Gasteiger partial charge is 0.161 e. The van der Waals surface area contributed by atoms with Crippen molar-refractivity contribution in [2.75, 3.05) is 46.1 Å². The van der Waals surface area contributed by atoms with E-state index in [9.17, 15) is 5.11 Å². The third-order valence-corrected chi connectivity index (χ3v) is 5.16. The molecule has 4 rings (SSSR count). The van der Waals surface area contributed by atoms with Gasteiger partial charge >= 0.3 is 0 Å². The van der Waals surface area contributed by atoms with Gasteiger partial charge in [-0.3, -0.25) is 4.90 Å². The Morgan fingerprint density at radius 1 is 1.04 bits per heavy atom. The van der Waals surface area contributed by atoms with E-state index >= 15 is 0 Å². The van der Waals surface area contributed by atoms with Gasteiger partial charge in [-0.25, -0.2) is 0 Å². The van der Waals surface area contributed by atoms with Crippen molar-refractivity contribution in [3.05, 3.63) is 23.8 Å². The van der Waals surface area contributed by atoms with E-state index in [0.717, 1.165) is 49.4 Å². The molecule has 2 atom stereocenters. The van der Waals surface area contributed by atoms with Gasteiger partial charge < -0.3 is 24.1 Å². The lowest BCUT2D eigenvalue weighted by Crippen LogP contribution is -2.42. The number of nitrogens with zero attached hydrogens (tertiary/aromatic N) is 1. The molecule has 25 heavy (non-hydrogen) atoms. The zero-order valence-corrected chi connectivity index (χ0v) is 14.6. The van der Waals surface area contributed by atoms with Gasteiger partial charge in [-0.15, -0.1) is 0 Å². The summed E-state index contributed by atoms with van der Waals surface area (Å²) >= 11 is 0. The van der Waals surface area contributed by atoms with Gasteiger partial charge in [0.25, 0.3) is 0 Å². The lowest BCUT2D eigenvalue weighted by Gasteiger charge is -2.35. The van der Waals surface area contributed by atoms with Crippen molar-refractivity contribution in [3.63, 3.8) is 0 Å². The van der Waals surface area contributed by atoms with E-state index in [1.165, 1.54) is 0 Å². The first kappa shape index (κ1) is 17.1. The standard InChI is InChI=1S/C19H27NO5/c21-16(14-4-5-17-18(11-14)23-8-2-7-22-17)13-20-6-1-3-15(12-20)19-24-9-10-25-19/h4-5,11,15-16,19,21H,1-3,6-10,12-13H2. The van der Waals surface area contributed by atoms with Crippen LogP contribution in [0.2, 0.25) is 0 Å². The highest BCUT2D eigenvalue weighted by Gasteiger charge is 2.31. The minimum atomic E-state index is -0.540. The topological polar surface area (TPSA) is 60.4 Å². The molecule has 0 radical (unpaired) electrons. The summed E-state index contributed by atoms with van der Waals surface area (Å²) in [6.07, 6.45) is 2.51. The predicted molar refractivity (Wildman–Crippen MR) is 91.9 cm³/mol. The summed E-state index contributed by atoms with van der Waals surface area (Å²) in [7, 11) is 0. The molecule has 3 aliphatic heterocycles. The Bertz CT molecular complexity index is 575. The molecule has 0 amide bonds. The Hall–Kier alpha value is -1.34. The van der Waals surface area contributed by atoms with Crippen molar-refractivity contribution in [2.24, 2.45) is 5.92 Å². The number of aliphatic hydroxyl groups excluding tert-OH is 1. The second kappa shape index (κ2) is 7.91. The van der Waals surface area contributed by atoms with Crippen molar-refractivity contribution in [2.45, 2.75) is 31.7 Å². The summed E-state index contributed by atoms with van der Waals surface area (Å²) in [6.45, 7) is 5.25. The molecule has 0 bridgehead atoms. The largest absolute Gasteiger partial charge is 0.490 e. The molecule has 2 saturated heterocycles. The number of hydrogen-bond acceptors (Lipinski definition) is 6. The molecular formula is C19H27NO5. The van der Waals surface area contributed by atoms with Crippen LogP contribution in [0.15, 0.2) is 18.2 Å². The third kappa shape index (κ3) is 4.08. The fourth-order valence-corrected chi connectivity index (χ4v) is 3.87. The number of benzene rings is 1. The Kier molecular flexibility index (Phi) is 5.41. The molecule has 3 heterocycles. The molecule has 6 heteroatoms. The number of aliphatic hydroxyl groups is 1. The van der Waals surface area contributed by atoms with Crippen molar-refractivity contribution in [1.82, 2.24) is 4.90 Å². The zero-order valence-electron chi connectivity index (χ0n) is 14.6. The highest BCUT2D eigenvalue weighted by molar-refractivity contribution is 5.44. The molecule has 138 valence electrons. The van der Waals surface area contributed by atoms with Gasteiger partial charge in [-0.05, 0) is 37.1 Å². The van der Waals surface area contributed by atoms with Crippen molar-refractivity contribution in [3.8, 4) is 11.5 Å².